The van der Waals surface area contributed by atoms with Crippen LogP contribution in [0.5, 0.6) is 0 Å². The van der Waals surface area contributed by atoms with Gasteiger partial charge in [0.25, 0.3) is 0 Å². The highest BCUT2D eigenvalue weighted by Gasteiger charge is 2.20. The van der Waals surface area contributed by atoms with Crippen molar-refractivity contribution in [3.8, 4) is 0 Å². The number of nitrogens with one attached hydrogen (secondary N) is 2. The predicted molar refractivity (Wildman–Crippen MR) is 96.8 cm³/mol. The summed E-state index contributed by atoms with van der Waals surface area (Å²) in [5, 5.41) is 9.27. The molecule has 6 nitrogen and oxygen atoms in total. The van der Waals surface area contributed by atoms with Crippen LogP contribution in [0.4, 0.5) is 10.3 Å². The number of amides is 1. The van der Waals surface area contributed by atoms with Gasteiger partial charge in [-0.05, 0) is 17.2 Å². The predicted octanol–water partition coefficient (Wildman–Crippen LogP) is 2.41. The largest absolute Gasteiger partial charge is 0.367 e. The fourth-order valence-corrected chi connectivity index (χ4v) is 2.85. The van der Waals surface area contributed by atoms with Crippen molar-refractivity contribution < 1.29 is 9.18 Å². The molecular formula is C19H20FN5O. The standard InChI is InChI=1S/C19H20FN5O/c20-16-9-5-4-8-14(16)15(13-6-2-1-3-7-13)12-18(26)22-11-10-17-23-19(21)25-24-17/h1-9,15H,10-12H2,(H,22,26)(H3,21,23,24,25)/t15-/m1/s1. The van der Waals surface area contributed by atoms with Gasteiger partial charge in [-0.1, -0.05) is 48.5 Å². The molecule has 3 rings (SSSR count). The van der Waals surface area contributed by atoms with Crippen LogP contribution in [0, 0.1) is 5.82 Å². The second kappa shape index (κ2) is 8.24. The molecule has 0 spiro atoms. The number of nitrogens with zero attached hydrogens (tertiary/aromatic N) is 2. The van der Waals surface area contributed by atoms with Crippen LogP contribution in [-0.4, -0.2) is 27.6 Å². The second-order valence-electron chi connectivity index (χ2n) is 5.93. The Morgan fingerprint density at radius 3 is 2.58 bits per heavy atom. The van der Waals surface area contributed by atoms with Crippen molar-refractivity contribution >= 4 is 11.9 Å². The summed E-state index contributed by atoms with van der Waals surface area (Å²) in [5.41, 5.74) is 6.85. The van der Waals surface area contributed by atoms with Crippen molar-refractivity contribution in [3.05, 3.63) is 77.4 Å². The van der Waals surface area contributed by atoms with E-state index in [1.807, 2.05) is 30.3 Å². The Balaban J connectivity index is 1.67. The first-order valence-electron chi connectivity index (χ1n) is 8.36. The molecule has 7 heteroatoms. The fourth-order valence-electron chi connectivity index (χ4n) is 2.85. The van der Waals surface area contributed by atoms with Gasteiger partial charge in [-0.2, -0.15) is 4.98 Å². The summed E-state index contributed by atoms with van der Waals surface area (Å²) in [7, 11) is 0. The maximum atomic E-state index is 14.3. The number of nitrogen functional groups attached to an aromatic ring is 1. The van der Waals surface area contributed by atoms with E-state index in [-0.39, 0.29) is 30.0 Å². The molecule has 134 valence electrons. The molecular weight excluding hydrogens is 333 g/mol. The monoisotopic (exact) mass is 353 g/mol. The number of H-pyrrole nitrogens is 1. The highest BCUT2D eigenvalue weighted by atomic mass is 19.1. The highest BCUT2D eigenvalue weighted by molar-refractivity contribution is 5.77. The Morgan fingerprint density at radius 1 is 1.15 bits per heavy atom. The summed E-state index contributed by atoms with van der Waals surface area (Å²) in [6, 6.07) is 16.0. The van der Waals surface area contributed by atoms with Gasteiger partial charge >= 0.3 is 0 Å². The lowest BCUT2D eigenvalue weighted by Gasteiger charge is -2.18. The molecule has 0 aliphatic carbocycles. The van der Waals surface area contributed by atoms with Crippen LogP contribution in [0.1, 0.15) is 29.3 Å². The third-order valence-corrected chi connectivity index (χ3v) is 4.11. The quantitative estimate of drug-likeness (QED) is 0.608. The molecule has 2 aromatic carbocycles. The minimum atomic E-state index is -0.349. The van der Waals surface area contributed by atoms with Crippen molar-refractivity contribution in [2.75, 3.05) is 12.3 Å². The average Bonchev–Trinajstić information content (AvgIpc) is 3.06. The number of anilines is 1. The molecule has 1 atom stereocenters. The fraction of sp³-hybridized carbons (Fsp3) is 0.211. The van der Waals surface area contributed by atoms with Crippen LogP contribution in [0.2, 0.25) is 0 Å². The number of rotatable bonds is 7. The number of hydrogen-bond acceptors (Lipinski definition) is 4. The van der Waals surface area contributed by atoms with E-state index in [0.717, 1.165) is 5.56 Å². The number of nitrogens with two attached hydrogens (primary N) is 1. The zero-order valence-corrected chi connectivity index (χ0v) is 14.2. The van der Waals surface area contributed by atoms with E-state index in [0.29, 0.717) is 24.4 Å². The van der Waals surface area contributed by atoms with Crippen molar-refractivity contribution in [1.82, 2.24) is 20.5 Å². The molecule has 1 aromatic heterocycles. The van der Waals surface area contributed by atoms with Gasteiger partial charge in [0.1, 0.15) is 11.6 Å². The van der Waals surface area contributed by atoms with Gasteiger partial charge in [0.2, 0.25) is 11.9 Å². The lowest BCUT2D eigenvalue weighted by atomic mass is 9.88. The van der Waals surface area contributed by atoms with E-state index >= 15 is 0 Å². The molecule has 1 amide bonds. The summed E-state index contributed by atoms with van der Waals surface area (Å²) in [4.78, 5) is 16.4. The van der Waals surface area contributed by atoms with Gasteiger partial charge in [-0.15, -0.1) is 5.10 Å². The molecule has 3 aromatic rings. The van der Waals surface area contributed by atoms with E-state index < -0.39 is 0 Å². The number of carbonyl (C=O) groups is 1. The molecule has 0 radical (unpaired) electrons. The molecule has 26 heavy (non-hydrogen) atoms. The Kier molecular flexibility index (Phi) is 5.58. The Bertz CT molecular complexity index is 865. The molecule has 4 N–H and O–H groups in total. The average molecular weight is 353 g/mol. The van der Waals surface area contributed by atoms with Crippen LogP contribution in [0.25, 0.3) is 0 Å². The highest BCUT2D eigenvalue weighted by Crippen LogP contribution is 2.29. The van der Waals surface area contributed by atoms with Crippen molar-refractivity contribution in [3.63, 3.8) is 0 Å². The maximum absolute atomic E-state index is 14.3. The normalized spacial score (nSPS) is 11.9. The third-order valence-electron chi connectivity index (χ3n) is 4.11. The minimum absolute atomic E-state index is 0.156. The number of halogens is 1. The zero-order chi connectivity index (χ0) is 18.4. The molecule has 1 heterocycles. The number of hydrogen-bond donors (Lipinski definition) is 3. The van der Waals surface area contributed by atoms with E-state index in [1.54, 1.807) is 18.2 Å². The topological polar surface area (TPSA) is 96.7 Å². The van der Waals surface area contributed by atoms with Crippen molar-refractivity contribution in [2.24, 2.45) is 0 Å². The molecule has 0 fully saturated rings. The Hall–Kier alpha value is -3.22. The van der Waals surface area contributed by atoms with Crippen molar-refractivity contribution in [1.29, 1.82) is 0 Å². The minimum Gasteiger partial charge on any atom is -0.367 e. The lowest BCUT2D eigenvalue weighted by Crippen LogP contribution is -2.27. The third kappa shape index (κ3) is 4.44. The van der Waals surface area contributed by atoms with E-state index in [9.17, 15) is 9.18 Å². The number of carbonyl (C=O) groups excluding carboxylic acids is 1. The second-order valence-corrected chi connectivity index (χ2v) is 5.93. The molecule has 0 aliphatic heterocycles. The van der Waals surface area contributed by atoms with E-state index in [1.165, 1.54) is 6.07 Å². The summed E-state index contributed by atoms with van der Waals surface area (Å²) in [6.07, 6.45) is 0.648. The molecule has 0 saturated heterocycles. The summed E-state index contributed by atoms with van der Waals surface area (Å²) < 4.78 is 14.3. The number of aromatic nitrogens is 3. The van der Waals surface area contributed by atoms with Gasteiger partial charge in [-0.3, -0.25) is 9.89 Å². The van der Waals surface area contributed by atoms with Gasteiger partial charge in [0.15, 0.2) is 0 Å². The van der Waals surface area contributed by atoms with E-state index in [2.05, 4.69) is 20.5 Å². The smallest absolute Gasteiger partial charge is 0.239 e. The molecule has 0 bridgehead atoms. The van der Waals surface area contributed by atoms with Gasteiger partial charge < -0.3 is 11.1 Å². The van der Waals surface area contributed by atoms with Gasteiger partial charge in [0, 0.05) is 25.3 Å². The molecule has 0 saturated carbocycles. The van der Waals surface area contributed by atoms with Crippen LogP contribution in [0.15, 0.2) is 54.6 Å². The first-order chi connectivity index (χ1) is 12.6. The first kappa shape index (κ1) is 17.6. The number of benzene rings is 2. The lowest BCUT2D eigenvalue weighted by molar-refractivity contribution is -0.121. The molecule has 0 unspecified atom stereocenters. The van der Waals surface area contributed by atoms with Gasteiger partial charge in [-0.25, -0.2) is 4.39 Å². The van der Waals surface area contributed by atoms with Crippen LogP contribution in [0.3, 0.4) is 0 Å². The van der Waals surface area contributed by atoms with Crippen molar-refractivity contribution in [2.45, 2.75) is 18.8 Å². The SMILES string of the molecule is Nc1n[nH]c(CCNC(=O)C[C@H](c2ccccc2)c2ccccc2F)n1. The summed E-state index contributed by atoms with van der Waals surface area (Å²) in [5.74, 6) is -0.0364. The summed E-state index contributed by atoms with van der Waals surface area (Å²) in [6.45, 7) is 0.395. The maximum Gasteiger partial charge on any atom is 0.239 e. The van der Waals surface area contributed by atoms with Crippen LogP contribution < -0.4 is 11.1 Å². The summed E-state index contributed by atoms with van der Waals surface area (Å²) >= 11 is 0. The Labute approximate surface area is 150 Å². The first-order valence-corrected chi connectivity index (χ1v) is 8.36. The van der Waals surface area contributed by atoms with E-state index in [4.69, 9.17) is 5.73 Å². The van der Waals surface area contributed by atoms with Crippen LogP contribution >= 0.6 is 0 Å². The van der Waals surface area contributed by atoms with Gasteiger partial charge in [0.05, 0.1) is 0 Å². The zero-order valence-electron chi connectivity index (χ0n) is 14.2. The van der Waals surface area contributed by atoms with Crippen LogP contribution in [-0.2, 0) is 11.2 Å². The number of aromatic amines is 1. The Morgan fingerprint density at radius 2 is 1.88 bits per heavy atom. The molecule has 0 aliphatic rings.